The van der Waals surface area contributed by atoms with Crippen LogP contribution in [-0.4, -0.2) is 53.6 Å². The number of hydrogen-bond donors (Lipinski definition) is 2. The number of aryl methyl sites for hydroxylation is 1. The quantitative estimate of drug-likeness (QED) is 0.0978. The van der Waals surface area contributed by atoms with Crippen molar-refractivity contribution in [3.8, 4) is 23.1 Å². The standard InChI is InChI=1S/C27H24N6O2.C7H8.C5H6N2.CO2.I2.HI/c1-2-6-23(35)32-15-5-8-21(32)27-31-24(25-26(28)30-14-16-33(25)27)19-11-9-18(10-12-19)22(34)17-20-7-3-4-13-29-20;1-7-5-3-2-4-6-7;6-5-3-1-2-4-7-5;2-1-3;1-2;/h3-4,7,9-14,16,21H,5,8,15,17H2,1H3,(H2,28,30);2-6H,1H3;1-4H,(H2,6,7);;;1H/t21-;;;;;/m0...../s1. The number of likely N-dealkylation sites (tertiary alicyclic amines) is 1. The summed E-state index contributed by atoms with van der Waals surface area (Å²) in [6.45, 7) is 4.37. The highest BCUT2D eigenvalue weighted by atomic mass is 128. The van der Waals surface area contributed by atoms with E-state index in [0.717, 1.165) is 29.9 Å². The summed E-state index contributed by atoms with van der Waals surface area (Å²) < 4.78 is 1.91. The number of nitrogens with zero attached hydrogens (tertiary/aromatic N) is 6. The second-order valence-corrected chi connectivity index (χ2v) is 11.4. The zero-order valence-corrected chi connectivity index (χ0v) is 36.7. The molecular formula is C40H39I3N8O4. The Morgan fingerprint density at radius 3 is 2.02 bits per heavy atom. The van der Waals surface area contributed by atoms with Crippen molar-refractivity contribution in [1.29, 1.82) is 0 Å². The second kappa shape index (κ2) is 25.3. The van der Waals surface area contributed by atoms with Gasteiger partial charge >= 0.3 is 6.15 Å². The van der Waals surface area contributed by atoms with Gasteiger partial charge in [-0.25, -0.2) is 15.0 Å². The number of amides is 1. The predicted octanol–water partition coefficient (Wildman–Crippen LogP) is 7.95. The van der Waals surface area contributed by atoms with Crippen molar-refractivity contribution in [2.24, 2.45) is 0 Å². The van der Waals surface area contributed by atoms with Crippen LogP contribution in [0.5, 0.6) is 0 Å². The summed E-state index contributed by atoms with van der Waals surface area (Å²) >= 11 is 4.24. The first kappa shape index (κ1) is 46.4. The molecule has 4 N–H and O–H groups in total. The molecule has 0 spiro atoms. The normalized spacial score (nSPS) is 12.1. The third kappa shape index (κ3) is 14.1. The van der Waals surface area contributed by atoms with Crippen molar-refractivity contribution in [2.75, 3.05) is 18.0 Å². The number of anilines is 2. The van der Waals surface area contributed by atoms with Gasteiger partial charge in [0.05, 0.1) is 12.5 Å². The van der Waals surface area contributed by atoms with Crippen LogP contribution in [0.25, 0.3) is 16.8 Å². The van der Waals surface area contributed by atoms with Gasteiger partial charge in [0.2, 0.25) is 0 Å². The number of halogens is 3. The SMILES string of the molecule is CC#CC(=O)N1CCC[C@H]1c1nc(-c2ccc(C(=O)Cc3ccccn3)cc2)c2c(N)nccn12.Cc1ccccc1.I.II.Nc1ccccn1.O=C=O. The molecule has 4 aromatic heterocycles. The van der Waals surface area contributed by atoms with Crippen molar-refractivity contribution in [3.05, 3.63) is 138 Å². The fraction of sp³-hybridized carbons (Fsp3) is 0.175. The highest BCUT2D eigenvalue weighted by molar-refractivity contribution is 15.0. The van der Waals surface area contributed by atoms with E-state index < -0.39 is 0 Å². The first-order chi connectivity index (χ1) is 26.3. The van der Waals surface area contributed by atoms with E-state index in [0.29, 0.717) is 35.0 Å². The van der Waals surface area contributed by atoms with E-state index in [1.807, 2.05) is 71.3 Å². The van der Waals surface area contributed by atoms with Crippen molar-refractivity contribution < 1.29 is 19.2 Å². The Kier molecular flexibility index (Phi) is 21.4. The largest absolute Gasteiger partial charge is 0.384 e. The zero-order chi connectivity index (χ0) is 39.3. The van der Waals surface area contributed by atoms with Crippen LogP contribution in [0.15, 0.2) is 116 Å². The summed E-state index contributed by atoms with van der Waals surface area (Å²) in [6.07, 6.45) is 8.94. The summed E-state index contributed by atoms with van der Waals surface area (Å²) in [7, 11) is 0. The first-order valence-electron chi connectivity index (χ1n) is 16.5. The molecule has 1 amide bonds. The number of benzene rings is 2. The van der Waals surface area contributed by atoms with Crippen LogP contribution in [0, 0.1) is 18.8 Å². The monoisotopic (exact) mass is 1080 g/mol. The lowest BCUT2D eigenvalue weighted by atomic mass is 10.0. The molecule has 0 aliphatic carbocycles. The van der Waals surface area contributed by atoms with Gasteiger partial charge in [-0.2, -0.15) is 9.59 Å². The molecular weight excluding hydrogens is 1040 g/mol. The molecule has 1 aliphatic rings. The van der Waals surface area contributed by atoms with E-state index >= 15 is 0 Å². The fourth-order valence-electron chi connectivity index (χ4n) is 5.47. The molecule has 0 unspecified atom stereocenters. The number of rotatable bonds is 5. The summed E-state index contributed by atoms with van der Waals surface area (Å²) in [5.41, 5.74) is 16.3. The lowest BCUT2D eigenvalue weighted by molar-refractivity contribution is -0.191. The Balaban J connectivity index is 0.000000429. The second-order valence-electron chi connectivity index (χ2n) is 11.4. The minimum Gasteiger partial charge on any atom is -0.384 e. The number of Topliss-reactive ketones (excluding diaryl/α,β-unsaturated/α-hetero) is 1. The van der Waals surface area contributed by atoms with Crippen molar-refractivity contribution in [2.45, 2.75) is 39.2 Å². The number of pyridine rings is 2. The molecule has 1 fully saturated rings. The number of nitrogens with two attached hydrogens (primary N) is 2. The molecule has 55 heavy (non-hydrogen) atoms. The summed E-state index contributed by atoms with van der Waals surface area (Å²) in [5, 5.41) is 0. The van der Waals surface area contributed by atoms with Crippen LogP contribution in [0.3, 0.4) is 0 Å². The Morgan fingerprint density at radius 2 is 1.49 bits per heavy atom. The maximum atomic E-state index is 12.7. The highest BCUT2D eigenvalue weighted by Gasteiger charge is 2.33. The molecule has 1 aliphatic heterocycles. The number of hydrogen-bond acceptors (Lipinski definition) is 10. The minimum absolute atomic E-state index is 0. The van der Waals surface area contributed by atoms with Gasteiger partial charge in [-0.1, -0.05) is 78.2 Å². The van der Waals surface area contributed by atoms with E-state index in [2.05, 4.69) is 83.1 Å². The molecule has 0 radical (unpaired) electrons. The Hall–Kier alpha value is -4.77. The Bertz CT molecular complexity index is 2140. The molecule has 1 saturated heterocycles. The lowest BCUT2D eigenvalue weighted by Gasteiger charge is -2.21. The third-order valence-corrected chi connectivity index (χ3v) is 7.83. The Morgan fingerprint density at radius 1 is 0.855 bits per heavy atom. The highest BCUT2D eigenvalue weighted by Crippen LogP contribution is 2.36. The molecule has 5 heterocycles. The summed E-state index contributed by atoms with van der Waals surface area (Å²) in [6, 6.07) is 28.3. The van der Waals surface area contributed by atoms with Crippen LogP contribution in [0.4, 0.5) is 11.6 Å². The van der Waals surface area contributed by atoms with Crippen molar-refractivity contribution in [1.82, 2.24) is 29.2 Å². The average molecular weight is 1080 g/mol. The topological polar surface area (TPSA) is 180 Å². The number of imidazole rings is 1. The fourth-order valence-corrected chi connectivity index (χ4v) is 5.47. The van der Waals surface area contributed by atoms with Gasteiger partial charge in [-0.05, 0) is 56.9 Å². The van der Waals surface area contributed by atoms with Gasteiger partial charge in [0, 0.05) is 85.4 Å². The Labute approximate surface area is 360 Å². The van der Waals surface area contributed by atoms with Crippen LogP contribution in [0.2, 0.25) is 0 Å². The molecule has 7 rings (SSSR count). The van der Waals surface area contributed by atoms with Crippen molar-refractivity contribution >= 4 is 96.2 Å². The van der Waals surface area contributed by atoms with Gasteiger partial charge in [0.15, 0.2) is 5.78 Å². The minimum atomic E-state index is -0.203. The summed E-state index contributed by atoms with van der Waals surface area (Å²) in [5.74, 6) is 6.77. The lowest BCUT2D eigenvalue weighted by Crippen LogP contribution is -2.30. The van der Waals surface area contributed by atoms with Gasteiger partial charge < -0.3 is 16.4 Å². The number of carbonyl (C=O) groups excluding carboxylic acids is 4. The van der Waals surface area contributed by atoms with Gasteiger partial charge in [0.25, 0.3) is 5.91 Å². The number of ketones is 1. The van der Waals surface area contributed by atoms with E-state index in [1.165, 1.54) is 5.56 Å². The number of aromatic nitrogens is 5. The van der Waals surface area contributed by atoms with Crippen LogP contribution < -0.4 is 11.5 Å². The van der Waals surface area contributed by atoms with Gasteiger partial charge in [0.1, 0.15) is 28.7 Å². The van der Waals surface area contributed by atoms with E-state index in [1.54, 1.807) is 48.6 Å². The third-order valence-electron chi connectivity index (χ3n) is 7.83. The summed E-state index contributed by atoms with van der Waals surface area (Å²) in [4.78, 5) is 60.5. The number of nitrogen functional groups attached to an aromatic ring is 2. The molecule has 15 heteroatoms. The predicted molar refractivity (Wildman–Crippen MR) is 241 cm³/mol. The van der Waals surface area contributed by atoms with Gasteiger partial charge in [-0.3, -0.25) is 19.0 Å². The first-order valence-corrected chi connectivity index (χ1v) is 22.8. The van der Waals surface area contributed by atoms with Crippen LogP contribution in [-0.2, 0) is 20.8 Å². The van der Waals surface area contributed by atoms with Crippen molar-refractivity contribution in [3.63, 3.8) is 0 Å². The van der Waals surface area contributed by atoms with Crippen LogP contribution in [0.1, 0.15) is 53.2 Å². The van der Waals surface area contributed by atoms with E-state index in [9.17, 15) is 9.59 Å². The zero-order valence-electron chi connectivity index (χ0n) is 30.0. The average Bonchev–Trinajstić information content (AvgIpc) is 3.84. The number of carbonyl (C=O) groups is 2. The molecule has 6 aromatic rings. The molecule has 0 bridgehead atoms. The van der Waals surface area contributed by atoms with Crippen LogP contribution >= 0.6 is 61.2 Å². The van der Waals surface area contributed by atoms with E-state index in [4.69, 9.17) is 26.0 Å². The molecule has 12 nitrogen and oxygen atoms in total. The van der Waals surface area contributed by atoms with E-state index in [-0.39, 0.29) is 54.3 Å². The smallest absolute Gasteiger partial charge is 0.373 e. The van der Waals surface area contributed by atoms with Gasteiger partial charge in [-0.15, -0.1) is 24.0 Å². The maximum absolute atomic E-state index is 12.7. The molecule has 284 valence electrons. The molecule has 0 saturated carbocycles. The molecule has 1 atom stereocenters. The number of fused-ring (bicyclic) bond motifs is 1. The molecule has 2 aromatic carbocycles. The maximum Gasteiger partial charge on any atom is 0.373 e.